The molecule has 0 unspecified atom stereocenters. The Balaban J connectivity index is 1.88. The minimum Gasteiger partial charge on any atom is -0.484 e. The van der Waals surface area contributed by atoms with E-state index in [1.807, 2.05) is 74.5 Å². The van der Waals surface area contributed by atoms with Gasteiger partial charge in [0.15, 0.2) is 6.61 Å². The van der Waals surface area contributed by atoms with Crippen molar-refractivity contribution in [1.29, 1.82) is 0 Å². The molecule has 5 nitrogen and oxygen atoms in total. The molecule has 2 amide bonds. The van der Waals surface area contributed by atoms with Gasteiger partial charge in [0, 0.05) is 24.0 Å². The third-order valence-electron chi connectivity index (χ3n) is 5.64. The molecule has 0 aliphatic rings. The number of nitrogens with one attached hydrogen (secondary N) is 1. The Hall–Kier alpha value is -3.31. The zero-order valence-corrected chi connectivity index (χ0v) is 20.4. The van der Waals surface area contributed by atoms with Crippen LogP contribution in [0, 0.1) is 0 Å². The van der Waals surface area contributed by atoms with E-state index in [-0.39, 0.29) is 24.5 Å². The summed E-state index contributed by atoms with van der Waals surface area (Å²) in [5.41, 5.74) is 1.92. The number of amides is 2. The minimum atomic E-state index is -0.682. The fraction of sp³-hybridized carbons (Fsp3) is 0.286. The Bertz CT molecular complexity index is 1040. The molecule has 0 aliphatic carbocycles. The molecule has 0 heterocycles. The molecule has 0 aliphatic heterocycles. The van der Waals surface area contributed by atoms with Crippen molar-refractivity contribution in [3.63, 3.8) is 0 Å². The summed E-state index contributed by atoms with van der Waals surface area (Å²) in [6.45, 7) is 4.10. The number of carbonyl (C=O) groups is 2. The lowest BCUT2D eigenvalue weighted by Crippen LogP contribution is -2.53. The van der Waals surface area contributed by atoms with Crippen LogP contribution in [0.4, 0.5) is 0 Å². The second-order valence-electron chi connectivity index (χ2n) is 8.27. The molecule has 178 valence electrons. The molecule has 0 spiro atoms. The number of carbonyl (C=O) groups excluding carboxylic acids is 2. The number of hydrogen-bond acceptors (Lipinski definition) is 3. The number of ether oxygens (including phenoxy) is 1. The first-order valence-corrected chi connectivity index (χ1v) is 11.9. The molecule has 1 N–H and O–H groups in total. The molecule has 3 rings (SSSR count). The smallest absolute Gasteiger partial charge is 0.261 e. The number of rotatable bonds is 11. The molecule has 34 heavy (non-hydrogen) atoms. The van der Waals surface area contributed by atoms with Crippen LogP contribution in [0.15, 0.2) is 84.9 Å². The van der Waals surface area contributed by atoms with Gasteiger partial charge in [-0.2, -0.15) is 0 Å². The maximum absolute atomic E-state index is 13.5. The lowest BCUT2D eigenvalue weighted by Gasteiger charge is -2.32. The third-order valence-corrected chi connectivity index (χ3v) is 5.90. The first-order chi connectivity index (χ1) is 16.5. The Morgan fingerprint density at radius 3 is 2.09 bits per heavy atom. The molecule has 0 bridgehead atoms. The van der Waals surface area contributed by atoms with Gasteiger partial charge in [-0.05, 0) is 48.7 Å². The highest BCUT2D eigenvalue weighted by molar-refractivity contribution is 6.30. The quantitative estimate of drug-likeness (QED) is 0.408. The van der Waals surface area contributed by atoms with Gasteiger partial charge in [-0.3, -0.25) is 9.59 Å². The van der Waals surface area contributed by atoms with E-state index in [0.717, 1.165) is 17.5 Å². The largest absolute Gasteiger partial charge is 0.484 e. The van der Waals surface area contributed by atoms with Crippen LogP contribution < -0.4 is 10.1 Å². The van der Waals surface area contributed by atoms with Crippen LogP contribution in [0.1, 0.15) is 31.4 Å². The Morgan fingerprint density at radius 1 is 0.912 bits per heavy atom. The second kappa shape index (κ2) is 12.8. The van der Waals surface area contributed by atoms with Gasteiger partial charge < -0.3 is 15.0 Å². The number of nitrogens with zero attached hydrogens (tertiary/aromatic N) is 1. The molecule has 6 heteroatoms. The average molecular weight is 479 g/mol. The van der Waals surface area contributed by atoms with Crippen LogP contribution in [0.5, 0.6) is 5.75 Å². The predicted molar refractivity (Wildman–Crippen MR) is 136 cm³/mol. The van der Waals surface area contributed by atoms with Crippen molar-refractivity contribution in [3.8, 4) is 5.75 Å². The van der Waals surface area contributed by atoms with Crippen LogP contribution in [0.2, 0.25) is 5.02 Å². The summed E-state index contributed by atoms with van der Waals surface area (Å²) in [6.07, 6.45) is 1.21. The van der Waals surface area contributed by atoms with E-state index in [9.17, 15) is 9.59 Å². The average Bonchev–Trinajstić information content (AvgIpc) is 2.86. The van der Waals surface area contributed by atoms with Crippen LogP contribution in [0.3, 0.4) is 0 Å². The van der Waals surface area contributed by atoms with E-state index in [0.29, 0.717) is 23.7 Å². The highest BCUT2D eigenvalue weighted by Gasteiger charge is 2.31. The van der Waals surface area contributed by atoms with E-state index in [2.05, 4.69) is 5.32 Å². The predicted octanol–water partition coefficient (Wildman–Crippen LogP) is 5.27. The van der Waals surface area contributed by atoms with E-state index >= 15 is 0 Å². The summed E-state index contributed by atoms with van der Waals surface area (Å²) in [6, 6.07) is 25.6. The fourth-order valence-electron chi connectivity index (χ4n) is 3.53. The SMILES string of the molecule is CC[C@H](C)NC(=O)[C@@H](Cc1ccccc1)N(Cc1ccccc1)C(=O)COc1ccc(Cl)cc1. The van der Waals surface area contributed by atoms with Gasteiger partial charge in [-0.15, -0.1) is 0 Å². The zero-order valence-electron chi connectivity index (χ0n) is 19.6. The fourth-order valence-corrected chi connectivity index (χ4v) is 3.66. The highest BCUT2D eigenvalue weighted by atomic mass is 35.5. The molecule has 0 saturated carbocycles. The summed E-state index contributed by atoms with van der Waals surface area (Å²) < 4.78 is 5.74. The van der Waals surface area contributed by atoms with Crippen LogP contribution in [-0.2, 0) is 22.6 Å². The van der Waals surface area contributed by atoms with Crippen molar-refractivity contribution in [3.05, 3.63) is 101 Å². The summed E-state index contributed by atoms with van der Waals surface area (Å²) in [4.78, 5) is 28.5. The normalized spacial score (nSPS) is 12.4. The van der Waals surface area contributed by atoms with E-state index in [1.165, 1.54) is 0 Å². The summed E-state index contributed by atoms with van der Waals surface area (Å²) in [5, 5.41) is 3.65. The van der Waals surface area contributed by atoms with Gasteiger partial charge in [0.1, 0.15) is 11.8 Å². The molecular formula is C28H31ClN2O3. The Kier molecular flexibility index (Phi) is 9.53. The topological polar surface area (TPSA) is 58.6 Å². The minimum absolute atomic E-state index is 0.00441. The first kappa shape index (κ1) is 25.3. The van der Waals surface area contributed by atoms with Gasteiger partial charge in [-0.1, -0.05) is 79.2 Å². The van der Waals surface area contributed by atoms with Gasteiger partial charge in [-0.25, -0.2) is 0 Å². The second-order valence-corrected chi connectivity index (χ2v) is 8.71. The van der Waals surface area contributed by atoms with Gasteiger partial charge in [0.2, 0.25) is 5.91 Å². The monoisotopic (exact) mass is 478 g/mol. The molecule has 3 aromatic rings. The summed E-state index contributed by atoms with van der Waals surface area (Å²) in [5.74, 6) is 0.106. The lowest BCUT2D eigenvalue weighted by atomic mass is 10.0. The molecule has 0 radical (unpaired) electrons. The number of hydrogen-bond donors (Lipinski definition) is 1. The van der Waals surface area contributed by atoms with Crippen LogP contribution >= 0.6 is 11.6 Å². The molecule has 0 fully saturated rings. The molecule has 3 aromatic carbocycles. The zero-order chi connectivity index (χ0) is 24.3. The van der Waals surface area contributed by atoms with Crippen molar-refractivity contribution in [1.82, 2.24) is 10.2 Å². The molecular weight excluding hydrogens is 448 g/mol. The highest BCUT2D eigenvalue weighted by Crippen LogP contribution is 2.18. The van der Waals surface area contributed by atoms with Crippen molar-refractivity contribution < 1.29 is 14.3 Å². The summed E-state index contributed by atoms with van der Waals surface area (Å²) in [7, 11) is 0. The molecule has 0 saturated heterocycles. The molecule has 2 atom stereocenters. The maximum Gasteiger partial charge on any atom is 0.261 e. The third kappa shape index (κ3) is 7.63. The van der Waals surface area contributed by atoms with Crippen LogP contribution in [-0.4, -0.2) is 35.4 Å². The Morgan fingerprint density at radius 2 is 1.50 bits per heavy atom. The van der Waals surface area contributed by atoms with E-state index in [1.54, 1.807) is 29.2 Å². The Labute approximate surface area is 206 Å². The van der Waals surface area contributed by atoms with Crippen molar-refractivity contribution in [2.45, 2.75) is 45.3 Å². The first-order valence-electron chi connectivity index (χ1n) is 11.5. The van der Waals surface area contributed by atoms with Crippen molar-refractivity contribution >= 4 is 23.4 Å². The molecule has 0 aromatic heterocycles. The number of benzene rings is 3. The van der Waals surface area contributed by atoms with Crippen molar-refractivity contribution in [2.75, 3.05) is 6.61 Å². The lowest BCUT2D eigenvalue weighted by molar-refractivity contribution is -0.143. The van der Waals surface area contributed by atoms with Crippen molar-refractivity contribution in [2.24, 2.45) is 0 Å². The van der Waals surface area contributed by atoms with E-state index < -0.39 is 6.04 Å². The maximum atomic E-state index is 13.5. The standard InChI is InChI=1S/C28H31ClN2O3/c1-3-21(2)30-28(33)26(18-22-10-6-4-7-11-22)31(19-23-12-8-5-9-13-23)27(32)20-34-25-16-14-24(29)15-17-25/h4-17,21,26H,3,18-20H2,1-2H3,(H,30,33)/t21-,26+/m0/s1. The van der Waals surface area contributed by atoms with Crippen LogP contribution in [0.25, 0.3) is 0 Å². The van der Waals surface area contributed by atoms with Gasteiger partial charge >= 0.3 is 0 Å². The van der Waals surface area contributed by atoms with Gasteiger partial charge in [0.25, 0.3) is 5.91 Å². The van der Waals surface area contributed by atoms with Gasteiger partial charge in [0.05, 0.1) is 0 Å². The number of halogens is 1. The van der Waals surface area contributed by atoms with E-state index in [4.69, 9.17) is 16.3 Å². The summed E-state index contributed by atoms with van der Waals surface area (Å²) >= 11 is 5.95.